The van der Waals surface area contributed by atoms with Crippen LogP contribution >= 0.6 is 0 Å². The normalized spacial score (nSPS) is 23.9. The van der Waals surface area contributed by atoms with E-state index in [4.69, 9.17) is 4.74 Å². The number of ether oxygens (including phenoxy) is 1. The van der Waals surface area contributed by atoms with Crippen molar-refractivity contribution in [2.45, 2.75) is 90.6 Å². The topological polar surface area (TPSA) is 26.3 Å². The first-order chi connectivity index (χ1) is 9.70. The van der Waals surface area contributed by atoms with E-state index in [0.717, 1.165) is 12.8 Å². The summed E-state index contributed by atoms with van der Waals surface area (Å²) in [5.41, 5.74) is 0. The zero-order valence-corrected chi connectivity index (χ0v) is 13.8. The Labute approximate surface area is 125 Å². The van der Waals surface area contributed by atoms with Gasteiger partial charge in [0.05, 0.1) is 0 Å². The Bertz CT molecular complexity index is 262. The number of hydrogen-bond donors (Lipinski definition) is 0. The van der Waals surface area contributed by atoms with E-state index < -0.39 is 0 Å². The molecule has 0 radical (unpaired) electrons. The van der Waals surface area contributed by atoms with Gasteiger partial charge in [-0.3, -0.25) is 4.79 Å². The number of rotatable bonds is 11. The number of carbonyl (C=O) groups is 1. The third-order valence-corrected chi connectivity index (χ3v) is 4.91. The molecule has 0 heterocycles. The summed E-state index contributed by atoms with van der Waals surface area (Å²) in [4.78, 5) is 12.3. The van der Waals surface area contributed by atoms with E-state index in [1.807, 2.05) is 0 Å². The van der Waals surface area contributed by atoms with Crippen LogP contribution in [-0.2, 0) is 9.53 Å². The molecule has 0 aromatic heterocycles. The van der Waals surface area contributed by atoms with Gasteiger partial charge in [-0.25, -0.2) is 0 Å². The molecule has 0 aromatic rings. The van der Waals surface area contributed by atoms with E-state index >= 15 is 0 Å². The van der Waals surface area contributed by atoms with Gasteiger partial charge in [0.15, 0.2) is 5.78 Å². The first kappa shape index (κ1) is 17.7. The maximum Gasteiger partial charge on any atom is 0.161 e. The van der Waals surface area contributed by atoms with E-state index in [-0.39, 0.29) is 6.10 Å². The molecule has 0 aliphatic heterocycles. The Hall–Kier alpha value is -0.370. The Morgan fingerprint density at radius 2 is 1.75 bits per heavy atom. The van der Waals surface area contributed by atoms with Crippen LogP contribution in [0.1, 0.15) is 84.5 Å². The smallest absolute Gasteiger partial charge is 0.161 e. The fraction of sp³-hybridized carbons (Fsp3) is 0.944. The molecule has 2 heteroatoms. The number of Topliss-reactive ketones (excluding diaryl/α,β-unsaturated/α-hetero) is 1. The Morgan fingerprint density at radius 3 is 2.30 bits per heavy atom. The van der Waals surface area contributed by atoms with Crippen molar-refractivity contribution in [3.63, 3.8) is 0 Å². The molecule has 0 N–H and O–H groups in total. The van der Waals surface area contributed by atoms with Crippen LogP contribution in [-0.4, -0.2) is 19.0 Å². The highest BCUT2D eigenvalue weighted by atomic mass is 16.5. The molecule has 1 fully saturated rings. The van der Waals surface area contributed by atoms with Gasteiger partial charge in [-0.1, -0.05) is 65.2 Å². The average Bonchev–Trinajstić information content (AvgIpc) is 2.85. The fourth-order valence-corrected chi connectivity index (χ4v) is 3.57. The highest BCUT2D eigenvalue weighted by molar-refractivity contribution is 5.83. The SMILES string of the molecule is CCCCCCCCCC(=O)C(OC)C1CCCC1C. The molecular weight excluding hydrogens is 248 g/mol. The first-order valence-corrected chi connectivity index (χ1v) is 8.76. The minimum atomic E-state index is -0.132. The monoisotopic (exact) mass is 282 g/mol. The number of hydrogen-bond acceptors (Lipinski definition) is 2. The standard InChI is InChI=1S/C18H34O2/c1-4-5-6-7-8-9-10-14-17(19)18(20-3)16-13-11-12-15(16)2/h15-16,18H,4-14H2,1-3H3. The zero-order chi connectivity index (χ0) is 14.8. The van der Waals surface area contributed by atoms with Gasteiger partial charge in [0.2, 0.25) is 0 Å². The largest absolute Gasteiger partial charge is 0.373 e. The molecule has 20 heavy (non-hydrogen) atoms. The molecular formula is C18H34O2. The van der Waals surface area contributed by atoms with Gasteiger partial charge >= 0.3 is 0 Å². The zero-order valence-electron chi connectivity index (χ0n) is 13.8. The van der Waals surface area contributed by atoms with Gasteiger partial charge in [0.25, 0.3) is 0 Å². The lowest BCUT2D eigenvalue weighted by molar-refractivity contribution is -0.132. The Kier molecular flexibility index (Phi) is 9.17. The van der Waals surface area contributed by atoms with E-state index in [9.17, 15) is 4.79 Å². The maximum atomic E-state index is 12.3. The third kappa shape index (κ3) is 5.95. The lowest BCUT2D eigenvalue weighted by Gasteiger charge is -2.24. The summed E-state index contributed by atoms with van der Waals surface area (Å²) in [6.07, 6.45) is 13.1. The molecule has 1 saturated carbocycles. The van der Waals surface area contributed by atoms with E-state index in [1.54, 1.807) is 7.11 Å². The maximum absolute atomic E-state index is 12.3. The predicted octanol–water partition coefficient (Wildman–Crippen LogP) is 5.15. The van der Waals surface area contributed by atoms with Crippen LogP contribution in [0.25, 0.3) is 0 Å². The van der Waals surface area contributed by atoms with Crippen molar-refractivity contribution in [3.05, 3.63) is 0 Å². The first-order valence-electron chi connectivity index (χ1n) is 8.76. The van der Waals surface area contributed by atoms with Crippen LogP contribution in [0.2, 0.25) is 0 Å². The molecule has 1 aliphatic carbocycles. The van der Waals surface area contributed by atoms with Crippen LogP contribution in [0.3, 0.4) is 0 Å². The molecule has 0 bridgehead atoms. The number of unbranched alkanes of at least 4 members (excludes halogenated alkanes) is 6. The van der Waals surface area contributed by atoms with Gasteiger partial charge in [-0.05, 0) is 24.7 Å². The molecule has 3 atom stereocenters. The van der Waals surface area contributed by atoms with Gasteiger partial charge in [0, 0.05) is 13.5 Å². The van der Waals surface area contributed by atoms with Gasteiger partial charge in [-0.15, -0.1) is 0 Å². The Balaban J connectivity index is 2.16. The highest BCUT2D eigenvalue weighted by Crippen LogP contribution is 2.35. The fourth-order valence-electron chi connectivity index (χ4n) is 3.57. The van der Waals surface area contributed by atoms with Gasteiger partial charge < -0.3 is 4.74 Å². The summed E-state index contributed by atoms with van der Waals surface area (Å²) in [5.74, 6) is 1.47. The molecule has 2 nitrogen and oxygen atoms in total. The summed E-state index contributed by atoms with van der Waals surface area (Å²) in [5, 5.41) is 0. The quantitative estimate of drug-likeness (QED) is 0.490. The molecule has 0 saturated heterocycles. The van der Waals surface area contributed by atoms with E-state index in [0.29, 0.717) is 17.6 Å². The molecule has 118 valence electrons. The minimum Gasteiger partial charge on any atom is -0.373 e. The minimum absolute atomic E-state index is 0.132. The second-order valence-corrected chi connectivity index (χ2v) is 6.57. The van der Waals surface area contributed by atoms with Crippen molar-refractivity contribution in [1.82, 2.24) is 0 Å². The van der Waals surface area contributed by atoms with Crippen LogP contribution in [0.15, 0.2) is 0 Å². The van der Waals surface area contributed by atoms with Crippen molar-refractivity contribution < 1.29 is 9.53 Å². The highest BCUT2D eigenvalue weighted by Gasteiger charge is 2.34. The molecule has 0 amide bonds. The Morgan fingerprint density at radius 1 is 1.10 bits per heavy atom. The van der Waals surface area contributed by atoms with Crippen molar-refractivity contribution in [3.8, 4) is 0 Å². The number of ketones is 1. The lowest BCUT2D eigenvalue weighted by atomic mass is 9.88. The van der Waals surface area contributed by atoms with Gasteiger partial charge in [-0.2, -0.15) is 0 Å². The lowest BCUT2D eigenvalue weighted by Crippen LogP contribution is -2.33. The second-order valence-electron chi connectivity index (χ2n) is 6.57. The second kappa shape index (κ2) is 10.4. The summed E-state index contributed by atoms with van der Waals surface area (Å²) in [6, 6.07) is 0. The van der Waals surface area contributed by atoms with Crippen molar-refractivity contribution in [2.75, 3.05) is 7.11 Å². The molecule has 0 spiro atoms. The average molecular weight is 282 g/mol. The van der Waals surface area contributed by atoms with E-state index in [2.05, 4.69) is 13.8 Å². The van der Waals surface area contributed by atoms with Gasteiger partial charge in [0.1, 0.15) is 6.10 Å². The third-order valence-electron chi connectivity index (χ3n) is 4.91. The molecule has 1 aliphatic rings. The van der Waals surface area contributed by atoms with Crippen LogP contribution < -0.4 is 0 Å². The number of methoxy groups -OCH3 is 1. The summed E-state index contributed by atoms with van der Waals surface area (Å²) >= 11 is 0. The number of carbonyl (C=O) groups excluding carboxylic acids is 1. The van der Waals surface area contributed by atoms with Crippen LogP contribution in [0, 0.1) is 11.8 Å². The predicted molar refractivity (Wildman–Crippen MR) is 84.9 cm³/mol. The van der Waals surface area contributed by atoms with Crippen LogP contribution in [0.5, 0.6) is 0 Å². The molecule has 3 unspecified atom stereocenters. The summed E-state index contributed by atoms with van der Waals surface area (Å²) < 4.78 is 5.53. The summed E-state index contributed by atoms with van der Waals surface area (Å²) in [6.45, 7) is 4.51. The molecule has 1 rings (SSSR count). The van der Waals surface area contributed by atoms with Crippen molar-refractivity contribution >= 4 is 5.78 Å². The van der Waals surface area contributed by atoms with Crippen molar-refractivity contribution in [1.29, 1.82) is 0 Å². The van der Waals surface area contributed by atoms with Crippen LogP contribution in [0.4, 0.5) is 0 Å². The van der Waals surface area contributed by atoms with Crippen molar-refractivity contribution in [2.24, 2.45) is 11.8 Å². The summed E-state index contributed by atoms with van der Waals surface area (Å²) in [7, 11) is 1.71. The van der Waals surface area contributed by atoms with E-state index in [1.165, 1.54) is 57.8 Å². The molecule has 0 aromatic carbocycles.